The molecule has 2 heterocycles. The maximum absolute atomic E-state index is 5.56. The number of ether oxygens (including phenoxy) is 2. The van der Waals surface area contributed by atoms with Crippen LogP contribution in [0.1, 0.15) is 20.3 Å². The zero-order valence-corrected chi connectivity index (χ0v) is 11.8. The first-order chi connectivity index (χ1) is 9.75. The van der Waals surface area contributed by atoms with Gasteiger partial charge in [0.1, 0.15) is 0 Å². The summed E-state index contributed by atoms with van der Waals surface area (Å²) >= 11 is 0. The molecule has 1 N–H and O–H groups in total. The Morgan fingerprint density at radius 3 is 2.65 bits per heavy atom. The molecule has 2 aromatic heterocycles. The molecule has 0 saturated carbocycles. The van der Waals surface area contributed by atoms with Gasteiger partial charge in [0, 0.05) is 13.6 Å². The Balaban J connectivity index is 2.16. The molecule has 0 bridgehead atoms. The summed E-state index contributed by atoms with van der Waals surface area (Å²) in [6, 6.07) is 0.412. The highest BCUT2D eigenvalue weighted by Crippen LogP contribution is 2.19. The van der Waals surface area contributed by atoms with Crippen LogP contribution in [0.3, 0.4) is 0 Å². The smallest absolute Gasteiger partial charge is 0.330 e. The van der Waals surface area contributed by atoms with Gasteiger partial charge < -0.3 is 14.8 Å². The van der Waals surface area contributed by atoms with Gasteiger partial charge in [-0.15, -0.1) is 4.98 Å². The van der Waals surface area contributed by atoms with Gasteiger partial charge in [0.25, 0.3) is 0 Å². The van der Waals surface area contributed by atoms with Crippen molar-refractivity contribution in [2.75, 3.05) is 19.0 Å². The van der Waals surface area contributed by atoms with Gasteiger partial charge in [-0.2, -0.15) is 15.1 Å². The fourth-order valence-electron chi connectivity index (χ4n) is 1.43. The first-order valence-electron chi connectivity index (χ1n) is 6.52. The van der Waals surface area contributed by atoms with Crippen molar-refractivity contribution in [3.05, 3.63) is 12.4 Å². The SMILES string of the molecule is CCCOc1nc(NC)nc(Oc2cnn(CC)c2)n1. The molecule has 20 heavy (non-hydrogen) atoms. The summed E-state index contributed by atoms with van der Waals surface area (Å²) in [4.78, 5) is 12.3. The fraction of sp³-hybridized carbons (Fsp3) is 0.500. The van der Waals surface area contributed by atoms with Crippen LogP contribution in [0.2, 0.25) is 0 Å². The number of hydrogen-bond acceptors (Lipinski definition) is 7. The van der Waals surface area contributed by atoms with Crippen molar-refractivity contribution >= 4 is 5.95 Å². The summed E-state index contributed by atoms with van der Waals surface area (Å²) in [7, 11) is 1.72. The number of nitrogens with one attached hydrogen (secondary N) is 1. The average Bonchev–Trinajstić information content (AvgIpc) is 2.92. The molecule has 2 aromatic rings. The van der Waals surface area contributed by atoms with E-state index in [2.05, 4.69) is 25.4 Å². The van der Waals surface area contributed by atoms with Crippen LogP contribution < -0.4 is 14.8 Å². The third-order valence-corrected chi connectivity index (χ3v) is 2.40. The summed E-state index contributed by atoms with van der Waals surface area (Å²) in [5.41, 5.74) is 0. The van der Waals surface area contributed by atoms with E-state index in [9.17, 15) is 0 Å². The molecule has 0 aliphatic carbocycles. The number of rotatable bonds is 7. The number of aryl methyl sites for hydroxylation is 1. The Kier molecular flexibility index (Phi) is 4.70. The van der Waals surface area contributed by atoms with Crippen LogP contribution in [0, 0.1) is 0 Å². The van der Waals surface area contributed by atoms with E-state index in [0.29, 0.717) is 18.3 Å². The molecule has 0 unspecified atom stereocenters. The first kappa shape index (κ1) is 14.0. The summed E-state index contributed by atoms with van der Waals surface area (Å²) in [6.45, 7) is 5.32. The average molecular weight is 278 g/mol. The van der Waals surface area contributed by atoms with Crippen molar-refractivity contribution in [3.63, 3.8) is 0 Å². The van der Waals surface area contributed by atoms with Crippen molar-refractivity contribution in [2.24, 2.45) is 0 Å². The van der Waals surface area contributed by atoms with E-state index in [1.165, 1.54) is 0 Å². The quantitative estimate of drug-likeness (QED) is 0.824. The highest BCUT2D eigenvalue weighted by molar-refractivity contribution is 5.28. The lowest BCUT2D eigenvalue weighted by Crippen LogP contribution is -2.06. The second kappa shape index (κ2) is 6.69. The number of aromatic nitrogens is 5. The molecular weight excluding hydrogens is 260 g/mol. The minimum absolute atomic E-state index is 0.172. The van der Waals surface area contributed by atoms with E-state index in [-0.39, 0.29) is 12.0 Å². The van der Waals surface area contributed by atoms with Gasteiger partial charge in [-0.1, -0.05) is 6.92 Å². The zero-order valence-electron chi connectivity index (χ0n) is 11.8. The van der Waals surface area contributed by atoms with Crippen molar-refractivity contribution in [3.8, 4) is 17.8 Å². The Labute approximate surface area is 117 Å². The van der Waals surface area contributed by atoms with E-state index in [4.69, 9.17) is 9.47 Å². The summed E-state index contributed by atoms with van der Waals surface area (Å²) in [5, 5.41) is 6.96. The molecule has 0 atom stereocenters. The van der Waals surface area contributed by atoms with Crippen LogP contribution in [0.15, 0.2) is 12.4 Å². The maximum atomic E-state index is 5.56. The number of nitrogens with zero attached hydrogens (tertiary/aromatic N) is 5. The molecule has 0 saturated heterocycles. The topological polar surface area (TPSA) is 87.0 Å². The largest absolute Gasteiger partial charge is 0.463 e. The minimum atomic E-state index is 0.172. The van der Waals surface area contributed by atoms with Crippen LogP contribution in [-0.2, 0) is 6.54 Å². The monoisotopic (exact) mass is 278 g/mol. The lowest BCUT2D eigenvalue weighted by molar-refractivity contribution is 0.285. The second-order valence-corrected chi connectivity index (χ2v) is 3.96. The second-order valence-electron chi connectivity index (χ2n) is 3.96. The summed E-state index contributed by atoms with van der Waals surface area (Å²) < 4.78 is 12.7. The van der Waals surface area contributed by atoms with Gasteiger partial charge in [0.15, 0.2) is 5.75 Å². The molecule has 8 nitrogen and oxygen atoms in total. The molecule has 0 aliphatic rings. The van der Waals surface area contributed by atoms with Crippen LogP contribution in [0.25, 0.3) is 0 Å². The maximum Gasteiger partial charge on any atom is 0.330 e. The van der Waals surface area contributed by atoms with Crippen LogP contribution >= 0.6 is 0 Å². The number of anilines is 1. The Morgan fingerprint density at radius 2 is 2.00 bits per heavy atom. The van der Waals surface area contributed by atoms with Crippen LogP contribution in [0.5, 0.6) is 17.8 Å². The minimum Gasteiger partial charge on any atom is -0.463 e. The van der Waals surface area contributed by atoms with E-state index < -0.39 is 0 Å². The van der Waals surface area contributed by atoms with Gasteiger partial charge in [-0.3, -0.25) is 4.68 Å². The zero-order chi connectivity index (χ0) is 14.4. The van der Waals surface area contributed by atoms with Crippen LogP contribution in [-0.4, -0.2) is 38.4 Å². The summed E-state index contributed by atoms with van der Waals surface area (Å²) in [5.74, 6) is 0.963. The van der Waals surface area contributed by atoms with Gasteiger partial charge in [-0.25, -0.2) is 0 Å². The molecular formula is C12H18N6O2. The molecule has 0 spiro atoms. The Bertz CT molecular complexity index is 557. The van der Waals surface area contributed by atoms with Crippen molar-refractivity contribution in [1.82, 2.24) is 24.7 Å². The lowest BCUT2D eigenvalue weighted by atomic mass is 10.5. The molecule has 0 aromatic carbocycles. The molecule has 8 heteroatoms. The van der Waals surface area contributed by atoms with Crippen molar-refractivity contribution in [1.29, 1.82) is 0 Å². The molecule has 0 aliphatic heterocycles. The van der Waals surface area contributed by atoms with Gasteiger partial charge in [0.05, 0.1) is 19.0 Å². The third-order valence-electron chi connectivity index (χ3n) is 2.40. The Hall–Kier alpha value is -2.38. The standard InChI is InChI=1S/C12H18N6O2/c1-4-6-19-11-15-10(13-3)16-12(17-11)20-9-7-14-18(5-2)8-9/h7-8H,4-6H2,1-3H3,(H,13,15,16,17). The predicted molar refractivity (Wildman–Crippen MR) is 73.1 cm³/mol. The predicted octanol–water partition coefficient (Wildman–Crippen LogP) is 1.71. The fourth-order valence-corrected chi connectivity index (χ4v) is 1.43. The molecule has 0 amide bonds. The van der Waals surface area contributed by atoms with Crippen molar-refractivity contribution in [2.45, 2.75) is 26.8 Å². The van der Waals surface area contributed by atoms with E-state index >= 15 is 0 Å². The third kappa shape index (κ3) is 3.56. The summed E-state index contributed by atoms with van der Waals surface area (Å²) in [6.07, 6.45) is 4.26. The highest BCUT2D eigenvalue weighted by atomic mass is 16.5. The number of hydrogen-bond donors (Lipinski definition) is 1. The first-order valence-corrected chi connectivity index (χ1v) is 6.52. The highest BCUT2D eigenvalue weighted by Gasteiger charge is 2.09. The molecule has 0 radical (unpaired) electrons. The van der Waals surface area contributed by atoms with Gasteiger partial charge in [-0.05, 0) is 13.3 Å². The molecule has 0 fully saturated rings. The van der Waals surface area contributed by atoms with Gasteiger partial charge in [0.2, 0.25) is 5.95 Å². The van der Waals surface area contributed by atoms with E-state index in [1.54, 1.807) is 24.1 Å². The molecule has 2 rings (SSSR count). The van der Waals surface area contributed by atoms with Gasteiger partial charge >= 0.3 is 12.0 Å². The lowest BCUT2D eigenvalue weighted by Gasteiger charge is -2.07. The molecule has 108 valence electrons. The van der Waals surface area contributed by atoms with E-state index in [1.807, 2.05) is 13.8 Å². The van der Waals surface area contributed by atoms with Crippen molar-refractivity contribution < 1.29 is 9.47 Å². The van der Waals surface area contributed by atoms with Crippen LogP contribution in [0.4, 0.5) is 5.95 Å². The van der Waals surface area contributed by atoms with E-state index in [0.717, 1.165) is 13.0 Å². The normalized spacial score (nSPS) is 10.3. The Morgan fingerprint density at radius 1 is 1.20 bits per heavy atom.